The second kappa shape index (κ2) is 5.22. The molecule has 0 saturated heterocycles. The highest BCUT2D eigenvalue weighted by molar-refractivity contribution is 7.89. The zero-order valence-electron chi connectivity index (χ0n) is 10.2. The highest BCUT2D eigenvalue weighted by Crippen LogP contribution is 2.32. The first kappa shape index (κ1) is 13.9. The summed E-state index contributed by atoms with van der Waals surface area (Å²) < 4.78 is 39.5. The molecule has 0 amide bonds. The van der Waals surface area contributed by atoms with Crippen molar-refractivity contribution in [2.24, 2.45) is 5.73 Å². The smallest absolute Gasteiger partial charge is 0.263 e. The van der Waals surface area contributed by atoms with Gasteiger partial charge in [0.15, 0.2) is 5.82 Å². The molecule has 6 nitrogen and oxygen atoms in total. The Hall–Kier alpha value is -1.54. The summed E-state index contributed by atoms with van der Waals surface area (Å²) in [6.45, 7) is 0.0817. The highest BCUT2D eigenvalue weighted by atomic mass is 32.2. The summed E-state index contributed by atoms with van der Waals surface area (Å²) in [5.41, 5.74) is 5.25. The normalized spacial score (nSPS) is 15.7. The maximum absolute atomic E-state index is 13.6. The van der Waals surface area contributed by atoms with Gasteiger partial charge in [-0.25, -0.2) is 17.8 Å². The molecule has 104 valence electrons. The minimum atomic E-state index is -3.97. The first-order valence-electron chi connectivity index (χ1n) is 5.88. The summed E-state index contributed by atoms with van der Waals surface area (Å²) in [7, 11) is -3.97. The van der Waals surface area contributed by atoms with Crippen LogP contribution in [-0.2, 0) is 10.0 Å². The highest BCUT2D eigenvalue weighted by Gasteiger charge is 2.39. The first-order chi connectivity index (χ1) is 8.93. The SMILES string of the molecule is N=C(N)CCN(C1CC1)S(=O)(=O)c1ncccc1F. The molecule has 1 aliphatic carbocycles. The van der Waals surface area contributed by atoms with E-state index < -0.39 is 20.9 Å². The maximum atomic E-state index is 13.6. The van der Waals surface area contributed by atoms with Gasteiger partial charge >= 0.3 is 0 Å². The lowest BCUT2D eigenvalue weighted by Gasteiger charge is -2.21. The summed E-state index contributed by atoms with van der Waals surface area (Å²) in [6.07, 6.45) is 2.85. The lowest BCUT2D eigenvalue weighted by Crippen LogP contribution is -2.36. The van der Waals surface area contributed by atoms with Crippen LogP contribution >= 0.6 is 0 Å². The predicted molar refractivity (Wildman–Crippen MR) is 67.6 cm³/mol. The molecule has 1 heterocycles. The standard InChI is InChI=1S/C11H15FN4O2S/c12-9-2-1-6-15-11(9)19(17,18)16(8-3-4-8)7-5-10(13)14/h1-2,6,8H,3-5,7H2,(H3,13,14). The van der Waals surface area contributed by atoms with Crippen molar-refractivity contribution in [3.05, 3.63) is 24.1 Å². The number of rotatable bonds is 6. The van der Waals surface area contributed by atoms with Crippen LogP contribution < -0.4 is 5.73 Å². The zero-order valence-corrected chi connectivity index (χ0v) is 11.0. The minimum absolute atomic E-state index is 0.0817. The van der Waals surface area contributed by atoms with Gasteiger partial charge < -0.3 is 5.73 Å². The van der Waals surface area contributed by atoms with Gasteiger partial charge in [-0.2, -0.15) is 4.31 Å². The van der Waals surface area contributed by atoms with Crippen LogP contribution in [0.1, 0.15) is 19.3 Å². The summed E-state index contributed by atoms with van der Waals surface area (Å²) in [5, 5.41) is 6.60. The number of amidine groups is 1. The number of aromatic nitrogens is 1. The van der Waals surface area contributed by atoms with Gasteiger partial charge in [-0.3, -0.25) is 5.41 Å². The van der Waals surface area contributed by atoms with Gasteiger partial charge in [0.1, 0.15) is 0 Å². The van der Waals surface area contributed by atoms with E-state index in [2.05, 4.69) is 4.98 Å². The quantitative estimate of drug-likeness (QED) is 0.594. The third-order valence-electron chi connectivity index (χ3n) is 2.83. The molecule has 19 heavy (non-hydrogen) atoms. The van der Waals surface area contributed by atoms with Crippen LogP contribution in [0.25, 0.3) is 0 Å². The third-order valence-corrected chi connectivity index (χ3v) is 4.72. The molecule has 0 radical (unpaired) electrons. The Kier molecular flexibility index (Phi) is 3.81. The molecule has 0 unspecified atom stereocenters. The number of hydrogen-bond donors (Lipinski definition) is 2. The molecular formula is C11H15FN4O2S. The van der Waals surface area contributed by atoms with E-state index >= 15 is 0 Å². The molecule has 1 fully saturated rings. The summed E-state index contributed by atoms with van der Waals surface area (Å²) in [6, 6.07) is 2.27. The van der Waals surface area contributed by atoms with Crippen molar-refractivity contribution in [1.29, 1.82) is 5.41 Å². The van der Waals surface area contributed by atoms with Gasteiger partial charge in [-0.05, 0) is 25.0 Å². The van der Waals surface area contributed by atoms with E-state index in [1.54, 1.807) is 0 Å². The lowest BCUT2D eigenvalue weighted by atomic mass is 10.4. The number of nitrogens with one attached hydrogen (secondary N) is 1. The van der Waals surface area contributed by atoms with Crippen LogP contribution in [0, 0.1) is 11.2 Å². The van der Waals surface area contributed by atoms with E-state index in [1.165, 1.54) is 16.6 Å². The van der Waals surface area contributed by atoms with Crippen LogP contribution in [0.4, 0.5) is 4.39 Å². The van der Waals surface area contributed by atoms with Crippen molar-refractivity contribution in [1.82, 2.24) is 9.29 Å². The van der Waals surface area contributed by atoms with Crippen LogP contribution in [0.2, 0.25) is 0 Å². The van der Waals surface area contributed by atoms with E-state index in [0.29, 0.717) is 0 Å². The Morgan fingerprint density at radius 3 is 2.79 bits per heavy atom. The molecular weight excluding hydrogens is 271 g/mol. The predicted octanol–water partition coefficient (Wildman–Crippen LogP) is 0.700. The molecule has 3 N–H and O–H groups in total. The molecule has 0 aliphatic heterocycles. The maximum Gasteiger partial charge on any atom is 0.263 e. The van der Waals surface area contributed by atoms with Gasteiger partial charge in [0, 0.05) is 25.2 Å². The summed E-state index contributed by atoms with van der Waals surface area (Å²) in [5.74, 6) is -0.960. The summed E-state index contributed by atoms with van der Waals surface area (Å²) in [4.78, 5) is 3.62. The fourth-order valence-corrected chi connectivity index (χ4v) is 3.43. The van der Waals surface area contributed by atoms with Crippen molar-refractivity contribution in [2.75, 3.05) is 6.54 Å². The van der Waals surface area contributed by atoms with E-state index in [-0.39, 0.29) is 24.8 Å². The number of nitrogens with two attached hydrogens (primary N) is 1. The third kappa shape index (κ3) is 3.07. The van der Waals surface area contributed by atoms with Crippen molar-refractivity contribution in [3.8, 4) is 0 Å². The minimum Gasteiger partial charge on any atom is -0.388 e. The number of halogens is 1. The van der Waals surface area contributed by atoms with Crippen LogP contribution in [0.5, 0.6) is 0 Å². The van der Waals surface area contributed by atoms with E-state index in [9.17, 15) is 12.8 Å². The van der Waals surface area contributed by atoms with Crippen molar-refractivity contribution < 1.29 is 12.8 Å². The number of pyridine rings is 1. The number of nitrogens with zero attached hydrogens (tertiary/aromatic N) is 2. The largest absolute Gasteiger partial charge is 0.388 e. The van der Waals surface area contributed by atoms with Gasteiger partial charge in [0.25, 0.3) is 10.0 Å². The number of hydrogen-bond acceptors (Lipinski definition) is 4. The summed E-state index contributed by atoms with van der Waals surface area (Å²) >= 11 is 0. The lowest BCUT2D eigenvalue weighted by molar-refractivity contribution is 0.405. The Labute approximate surface area is 111 Å². The van der Waals surface area contributed by atoms with Crippen molar-refractivity contribution >= 4 is 15.9 Å². The molecule has 1 saturated carbocycles. The Morgan fingerprint density at radius 2 is 2.26 bits per heavy atom. The monoisotopic (exact) mass is 286 g/mol. The first-order valence-corrected chi connectivity index (χ1v) is 7.32. The van der Waals surface area contributed by atoms with E-state index in [4.69, 9.17) is 11.1 Å². The second-order valence-corrected chi connectivity index (χ2v) is 6.22. The number of sulfonamides is 1. The zero-order chi connectivity index (χ0) is 14.0. The molecule has 2 rings (SSSR count). The molecule has 0 atom stereocenters. The molecule has 1 aliphatic rings. The van der Waals surface area contributed by atoms with Crippen LogP contribution in [-0.4, -0.2) is 36.1 Å². The van der Waals surface area contributed by atoms with E-state index in [1.807, 2.05) is 0 Å². The Balaban J connectivity index is 2.29. The topological polar surface area (TPSA) is 100 Å². The van der Waals surface area contributed by atoms with Gasteiger partial charge in [0.05, 0.1) is 5.84 Å². The molecule has 0 bridgehead atoms. The fraction of sp³-hybridized carbons (Fsp3) is 0.455. The van der Waals surface area contributed by atoms with Crippen molar-refractivity contribution in [2.45, 2.75) is 30.3 Å². The average Bonchev–Trinajstić information content (AvgIpc) is 3.13. The van der Waals surface area contributed by atoms with Crippen molar-refractivity contribution in [3.63, 3.8) is 0 Å². The molecule has 1 aromatic heterocycles. The van der Waals surface area contributed by atoms with Crippen LogP contribution in [0.3, 0.4) is 0 Å². The van der Waals surface area contributed by atoms with Gasteiger partial charge in [-0.15, -0.1) is 0 Å². The molecule has 8 heteroatoms. The molecule has 0 aromatic carbocycles. The van der Waals surface area contributed by atoms with E-state index in [0.717, 1.165) is 18.9 Å². The Morgan fingerprint density at radius 1 is 1.58 bits per heavy atom. The fourth-order valence-electron chi connectivity index (χ4n) is 1.76. The van der Waals surface area contributed by atoms with Gasteiger partial charge in [0.2, 0.25) is 5.03 Å². The molecule has 0 spiro atoms. The average molecular weight is 286 g/mol. The Bertz CT molecular complexity index is 586. The van der Waals surface area contributed by atoms with Crippen LogP contribution in [0.15, 0.2) is 23.4 Å². The molecule has 1 aromatic rings. The van der Waals surface area contributed by atoms with Gasteiger partial charge in [-0.1, -0.05) is 0 Å². The second-order valence-electron chi connectivity index (χ2n) is 4.41.